The van der Waals surface area contributed by atoms with Gasteiger partial charge in [-0.2, -0.15) is 0 Å². The summed E-state index contributed by atoms with van der Waals surface area (Å²) in [5.41, 5.74) is -2.31. The number of ether oxygens (including phenoxy) is 2. The van der Waals surface area contributed by atoms with E-state index >= 15 is 0 Å². The molecule has 4 N–H and O–H groups in total. The van der Waals surface area contributed by atoms with Gasteiger partial charge in [0.25, 0.3) is 0 Å². The minimum absolute atomic E-state index is 0.264. The number of nitrogens with zero attached hydrogens (tertiary/aromatic N) is 2. The zero-order chi connectivity index (χ0) is 12.0. The van der Waals surface area contributed by atoms with Crippen molar-refractivity contribution in [1.82, 2.24) is 10.0 Å². The number of carbonyl (C=O) groups excluding carboxylic acids is 1. The van der Waals surface area contributed by atoms with Gasteiger partial charge in [-0.15, -0.1) is 0 Å². The van der Waals surface area contributed by atoms with Gasteiger partial charge in [-0.3, -0.25) is 16.5 Å². The van der Waals surface area contributed by atoms with Crippen LogP contribution in [0.15, 0.2) is 0 Å². The second-order valence-corrected chi connectivity index (χ2v) is 4.38. The Labute approximate surface area is 94.2 Å². The van der Waals surface area contributed by atoms with Crippen LogP contribution in [0.5, 0.6) is 0 Å². The highest BCUT2D eigenvalue weighted by molar-refractivity contribution is 5.93. The summed E-state index contributed by atoms with van der Waals surface area (Å²) in [7, 11) is 0. The molecule has 2 fully saturated rings. The van der Waals surface area contributed by atoms with Crippen LogP contribution in [0.4, 0.5) is 0 Å². The Morgan fingerprint density at radius 2 is 1.44 bits per heavy atom. The molecule has 92 valence electrons. The number of hydrogen-bond acceptors (Lipinski definition) is 7. The first-order valence-electron chi connectivity index (χ1n) is 5.29. The molecule has 2 rings (SSSR count). The molecule has 0 saturated carbocycles. The number of carbonyl (C=O) groups is 1. The third kappa shape index (κ3) is 1.48. The minimum Gasteiger partial charge on any atom is -0.350 e. The molecule has 2 aliphatic heterocycles. The first kappa shape index (κ1) is 11.9. The van der Waals surface area contributed by atoms with Crippen molar-refractivity contribution in [3.05, 3.63) is 0 Å². The van der Waals surface area contributed by atoms with Gasteiger partial charge in [-0.25, -0.2) is 10.0 Å². The maximum absolute atomic E-state index is 12.4. The SMILES string of the molecule is CC1(C(=O)C2(C)OCCN2N)OCCN1N. The average Bonchev–Trinajstić information content (AvgIpc) is 2.74. The zero-order valence-corrected chi connectivity index (χ0v) is 9.60. The van der Waals surface area contributed by atoms with Gasteiger partial charge < -0.3 is 9.47 Å². The van der Waals surface area contributed by atoms with Crippen LogP contribution in [-0.4, -0.2) is 53.6 Å². The monoisotopic (exact) mass is 230 g/mol. The number of hydrazine groups is 2. The summed E-state index contributed by atoms with van der Waals surface area (Å²) in [5, 5.41) is 2.77. The first-order chi connectivity index (χ1) is 7.41. The maximum Gasteiger partial charge on any atom is 0.228 e. The Hall–Kier alpha value is -0.570. The van der Waals surface area contributed by atoms with Crippen molar-refractivity contribution in [1.29, 1.82) is 0 Å². The van der Waals surface area contributed by atoms with Crippen molar-refractivity contribution < 1.29 is 14.3 Å². The van der Waals surface area contributed by atoms with Crippen LogP contribution in [0.3, 0.4) is 0 Å². The molecule has 7 heteroatoms. The summed E-state index contributed by atoms with van der Waals surface area (Å²) >= 11 is 0. The molecular formula is C9H18N4O3. The molecule has 2 heterocycles. The second kappa shape index (κ2) is 3.73. The van der Waals surface area contributed by atoms with Crippen LogP contribution in [-0.2, 0) is 14.3 Å². The highest BCUT2D eigenvalue weighted by Gasteiger charge is 2.55. The predicted octanol–water partition coefficient (Wildman–Crippen LogP) is -1.60. The van der Waals surface area contributed by atoms with Crippen molar-refractivity contribution >= 4 is 5.78 Å². The summed E-state index contributed by atoms with van der Waals surface area (Å²) < 4.78 is 10.9. The van der Waals surface area contributed by atoms with Gasteiger partial charge in [0.2, 0.25) is 5.78 Å². The average molecular weight is 230 g/mol. The van der Waals surface area contributed by atoms with Crippen LogP contribution in [0.1, 0.15) is 13.8 Å². The molecule has 0 aliphatic carbocycles. The summed E-state index contributed by atoms with van der Waals surface area (Å²) in [4.78, 5) is 12.4. The quantitative estimate of drug-likeness (QED) is 0.552. The van der Waals surface area contributed by atoms with Crippen molar-refractivity contribution in [2.24, 2.45) is 11.7 Å². The molecule has 0 aromatic heterocycles. The van der Waals surface area contributed by atoms with E-state index in [4.69, 9.17) is 21.2 Å². The topological polar surface area (TPSA) is 94.0 Å². The largest absolute Gasteiger partial charge is 0.350 e. The minimum atomic E-state index is -1.16. The predicted molar refractivity (Wildman–Crippen MR) is 55.5 cm³/mol. The van der Waals surface area contributed by atoms with Crippen LogP contribution in [0.25, 0.3) is 0 Å². The fourth-order valence-corrected chi connectivity index (χ4v) is 2.10. The summed E-state index contributed by atoms with van der Waals surface area (Å²) in [5.74, 6) is 11.3. The lowest BCUT2D eigenvalue weighted by atomic mass is 10.0. The molecule has 0 aromatic carbocycles. The van der Waals surface area contributed by atoms with Gasteiger partial charge in [0.05, 0.1) is 13.2 Å². The lowest BCUT2D eigenvalue weighted by Crippen LogP contribution is -2.64. The van der Waals surface area contributed by atoms with E-state index in [2.05, 4.69) is 0 Å². The van der Waals surface area contributed by atoms with Gasteiger partial charge >= 0.3 is 0 Å². The lowest BCUT2D eigenvalue weighted by Gasteiger charge is -2.37. The summed E-state index contributed by atoms with van der Waals surface area (Å²) in [6, 6.07) is 0. The number of rotatable bonds is 2. The van der Waals surface area contributed by atoms with Crippen LogP contribution in [0.2, 0.25) is 0 Å². The van der Waals surface area contributed by atoms with E-state index in [1.165, 1.54) is 10.0 Å². The van der Waals surface area contributed by atoms with E-state index in [0.717, 1.165) is 0 Å². The van der Waals surface area contributed by atoms with E-state index in [0.29, 0.717) is 26.3 Å². The summed E-state index contributed by atoms with van der Waals surface area (Å²) in [6.45, 7) is 5.18. The number of hydrogen-bond donors (Lipinski definition) is 2. The molecule has 0 radical (unpaired) electrons. The van der Waals surface area contributed by atoms with Crippen LogP contribution in [0, 0.1) is 0 Å². The Morgan fingerprint density at radius 1 is 1.06 bits per heavy atom. The molecule has 2 unspecified atom stereocenters. The Bertz CT molecular complexity index is 285. The zero-order valence-electron chi connectivity index (χ0n) is 9.60. The van der Waals surface area contributed by atoms with Gasteiger partial charge in [-0.05, 0) is 13.8 Å². The molecule has 0 aromatic rings. The molecule has 0 bridgehead atoms. The van der Waals surface area contributed by atoms with E-state index in [-0.39, 0.29) is 5.78 Å². The highest BCUT2D eigenvalue weighted by Crippen LogP contribution is 2.31. The van der Waals surface area contributed by atoms with Gasteiger partial charge in [0, 0.05) is 13.1 Å². The fourth-order valence-electron chi connectivity index (χ4n) is 2.10. The number of nitrogens with two attached hydrogens (primary N) is 2. The first-order valence-corrected chi connectivity index (χ1v) is 5.29. The molecule has 2 saturated heterocycles. The smallest absolute Gasteiger partial charge is 0.228 e. The van der Waals surface area contributed by atoms with Crippen molar-refractivity contribution in [3.63, 3.8) is 0 Å². The molecule has 7 nitrogen and oxygen atoms in total. The lowest BCUT2D eigenvalue weighted by molar-refractivity contribution is -0.183. The van der Waals surface area contributed by atoms with Crippen LogP contribution < -0.4 is 11.7 Å². The van der Waals surface area contributed by atoms with Gasteiger partial charge in [0.1, 0.15) is 0 Å². The van der Waals surface area contributed by atoms with E-state index in [9.17, 15) is 4.79 Å². The van der Waals surface area contributed by atoms with Crippen molar-refractivity contribution in [2.45, 2.75) is 25.3 Å². The normalized spacial score (nSPS) is 41.8. The molecular weight excluding hydrogens is 212 g/mol. The van der Waals surface area contributed by atoms with Gasteiger partial charge in [0.15, 0.2) is 11.4 Å². The van der Waals surface area contributed by atoms with E-state index in [1.807, 2.05) is 0 Å². The molecule has 0 amide bonds. The molecule has 2 atom stereocenters. The fraction of sp³-hybridized carbons (Fsp3) is 0.889. The van der Waals surface area contributed by atoms with Crippen molar-refractivity contribution in [2.75, 3.05) is 26.3 Å². The number of ketones is 1. The Kier molecular flexibility index (Phi) is 2.77. The standard InChI is InChI=1S/C9H18N4O3/c1-8(12(10)3-5-15-8)7(14)9(2)13(11)4-6-16-9/h3-6,10-11H2,1-2H3. The van der Waals surface area contributed by atoms with Gasteiger partial charge in [-0.1, -0.05) is 0 Å². The highest BCUT2D eigenvalue weighted by atomic mass is 16.6. The van der Waals surface area contributed by atoms with E-state index in [1.54, 1.807) is 13.8 Å². The molecule has 0 spiro atoms. The Morgan fingerprint density at radius 3 is 1.69 bits per heavy atom. The maximum atomic E-state index is 12.4. The summed E-state index contributed by atoms with van der Waals surface area (Å²) in [6.07, 6.45) is 0. The van der Waals surface area contributed by atoms with E-state index < -0.39 is 11.4 Å². The second-order valence-electron chi connectivity index (χ2n) is 4.38. The van der Waals surface area contributed by atoms with Crippen molar-refractivity contribution in [3.8, 4) is 0 Å². The number of Topliss-reactive ketones (excluding diaryl/α,β-unsaturated/α-hetero) is 1. The van der Waals surface area contributed by atoms with Crippen LogP contribution >= 0.6 is 0 Å². The third-order valence-corrected chi connectivity index (χ3v) is 3.37. The third-order valence-electron chi connectivity index (χ3n) is 3.37. The molecule has 16 heavy (non-hydrogen) atoms. The molecule has 2 aliphatic rings. The Balaban J connectivity index is 2.24.